The normalized spacial score (nSPS) is 9.90. The van der Waals surface area contributed by atoms with Gasteiger partial charge >= 0.3 is 0 Å². The van der Waals surface area contributed by atoms with Gasteiger partial charge in [0.1, 0.15) is 12.6 Å². The predicted molar refractivity (Wildman–Crippen MR) is 71.2 cm³/mol. The molecule has 0 saturated carbocycles. The molecule has 1 N–H and O–H groups in total. The highest BCUT2D eigenvalue weighted by Crippen LogP contribution is 2.15. The molecule has 1 aromatic carbocycles. The van der Waals surface area contributed by atoms with Crippen LogP contribution in [0.4, 0.5) is 11.4 Å². The molecule has 0 aliphatic heterocycles. The Morgan fingerprint density at radius 2 is 2.14 bits per heavy atom. The maximum absolute atomic E-state index is 11.8. The summed E-state index contributed by atoms with van der Waals surface area (Å²) < 4.78 is 1.30. The van der Waals surface area contributed by atoms with Crippen molar-refractivity contribution in [1.82, 2.24) is 15.0 Å². The quantitative estimate of drug-likeness (QED) is 0.660. The van der Waals surface area contributed by atoms with Crippen LogP contribution in [0.3, 0.4) is 0 Å². The minimum Gasteiger partial charge on any atom is -0.324 e. The third-order valence-corrected chi connectivity index (χ3v) is 2.74. The van der Waals surface area contributed by atoms with Gasteiger partial charge in [-0.15, -0.1) is 5.10 Å². The molecule has 21 heavy (non-hydrogen) atoms. The maximum atomic E-state index is 11.8. The van der Waals surface area contributed by atoms with Gasteiger partial charge < -0.3 is 5.32 Å². The van der Waals surface area contributed by atoms with E-state index in [1.54, 1.807) is 6.92 Å². The Bertz CT molecular complexity index is 728. The van der Waals surface area contributed by atoms with E-state index >= 15 is 0 Å². The molecule has 9 heteroatoms. The Labute approximate surface area is 119 Å². The molecular weight excluding hydrogens is 276 g/mol. The van der Waals surface area contributed by atoms with Gasteiger partial charge in [0.05, 0.1) is 10.6 Å². The molecule has 106 valence electrons. The molecule has 0 atom stereocenters. The number of anilines is 1. The highest BCUT2D eigenvalue weighted by atomic mass is 16.6. The Morgan fingerprint density at radius 1 is 1.48 bits per heavy atom. The van der Waals surface area contributed by atoms with Crippen molar-refractivity contribution in [3.63, 3.8) is 0 Å². The third kappa shape index (κ3) is 3.19. The molecule has 0 aliphatic carbocycles. The van der Waals surface area contributed by atoms with Gasteiger partial charge in [-0.1, -0.05) is 5.21 Å². The Balaban J connectivity index is 2.03. The molecule has 0 saturated heterocycles. The standard InChI is InChI=1S/C12H10N6O3/c1-8-11(6-13)15-16-17(8)7-12(19)14-9-2-4-10(5-3-9)18(20)21/h2-5H,7H2,1H3,(H,14,19). The van der Waals surface area contributed by atoms with Crippen LogP contribution in [0, 0.1) is 28.4 Å². The molecule has 2 aromatic rings. The van der Waals surface area contributed by atoms with E-state index in [0.29, 0.717) is 11.4 Å². The van der Waals surface area contributed by atoms with Crippen LogP contribution in [-0.4, -0.2) is 25.8 Å². The number of nitrogens with zero attached hydrogens (tertiary/aromatic N) is 5. The molecule has 9 nitrogen and oxygen atoms in total. The van der Waals surface area contributed by atoms with Gasteiger partial charge in [0.2, 0.25) is 5.91 Å². The summed E-state index contributed by atoms with van der Waals surface area (Å²) in [7, 11) is 0. The van der Waals surface area contributed by atoms with Crippen LogP contribution in [0.2, 0.25) is 0 Å². The summed E-state index contributed by atoms with van der Waals surface area (Å²) in [4.78, 5) is 21.8. The van der Waals surface area contributed by atoms with E-state index in [9.17, 15) is 14.9 Å². The van der Waals surface area contributed by atoms with Crippen LogP contribution in [0.25, 0.3) is 0 Å². The van der Waals surface area contributed by atoms with Crippen molar-refractivity contribution in [2.75, 3.05) is 5.32 Å². The summed E-state index contributed by atoms with van der Waals surface area (Å²) >= 11 is 0. The van der Waals surface area contributed by atoms with E-state index in [2.05, 4.69) is 15.6 Å². The smallest absolute Gasteiger partial charge is 0.269 e. The van der Waals surface area contributed by atoms with Crippen molar-refractivity contribution in [3.8, 4) is 6.07 Å². The number of amides is 1. The second-order valence-corrected chi connectivity index (χ2v) is 4.15. The van der Waals surface area contributed by atoms with Crippen LogP contribution >= 0.6 is 0 Å². The van der Waals surface area contributed by atoms with Crippen molar-refractivity contribution < 1.29 is 9.72 Å². The average molecular weight is 286 g/mol. The molecular formula is C12H10N6O3. The van der Waals surface area contributed by atoms with Crippen molar-refractivity contribution in [2.45, 2.75) is 13.5 Å². The number of carbonyl (C=O) groups is 1. The van der Waals surface area contributed by atoms with Gasteiger partial charge in [-0.3, -0.25) is 14.9 Å². The van der Waals surface area contributed by atoms with Crippen molar-refractivity contribution >= 4 is 17.3 Å². The number of benzene rings is 1. The fraction of sp³-hybridized carbons (Fsp3) is 0.167. The van der Waals surface area contributed by atoms with E-state index in [1.807, 2.05) is 6.07 Å². The number of rotatable bonds is 4. The van der Waals surface area contributed by atoms with Gasteiger partial charge in [0.15, 0.2) is 5.69 Å². The van der Waals surface area contributed by atoms with Crippen LogP contribution in [0.5, 0.6) is 0 Å². The first-order valence-corrected chi connectivity index (χ1v) is 5.85. The first-order chi connectivity index (χ1) is 10.0. The summed E-state index contributed by atoms with van der Waals surface area (Å²) in [5, 5.41) is 29.2. The molecule has 1 aromatic heterocycles. The van der Waals surface area contributed by atoms with Crippen molar-refractivity contribution in [3.05, 3.63) is 45.8 Å². The van der Waals surface area contributed by atoms with Gasteiger partial charge in [-0.25, -0.2) is 4.68 Å². The average Bonchev–Trinajstić information content (AvgIpc) is 2.80. The molecule has 1 heterocycles. The largest absolute Gasteiger partial charge is 0.324 e. The lowest BCUT2D eigenvalue weighted by molar-refractivity contribution is -0.384. The molecule has 0 bridgehead atoms. The molecule has 0 unspecified atom stereocenters. The Kier molecular flexibility index (Phi) is 3.90. The number of hydrogen-bond donors (Lipinski definition) is 1. The Morgan fingerprint density at radius 3 is 2.67 bits per heavy atom. The highest BCUT2D eigenvalue weighted by Gasteiger charge is 2.12. The topological polar surface area (TPSA) is 127 Å². The van der Waals surface area contributed by atoms with Gasteiger partial charge in [-0.05, 0) is 19.1 Å². The van der Waals surface area contributed by atoms with E-state index in [4.69, 9.17) is 5.26 Å². The van der Waals surface area contributed by atoms with E-state index < -0.39 is 4.92 Å². The number of carbonyl (C=O) groups excluding carboxylic acids is 1. The number of non-ortho nitro benzene ring substituents is 1. The minimum atomic E-state index is -0.520. The lowest BCUT2D eigenvalue weighted by Crippen LogP contribution is -2.20. The van der Waals surface area contributed by atoms with E-state index in [0.717, 1.165) is 0 Å². The first-order valence-electron chi connectivity index (χ1n) is 5.85. The zero-order chi connectivity index (χ0) is 15.4. The van der Waals surface area contributed by atoms with Crippen molar-refractivity contribution in [1.29, 1.82) is 5.26 Å². The van der Waals surface area contributed by atoms with Gasteiger partial charge in [-0.2, -0.15) is 5.26 Å². The molecule has 0 aliphatic rings. The fourth-order valence-electron chi connectivity index (χ4n) is 1.62. The predicted octanol–water partition coefficient (Wildman–Crippen LogP) is 1.01. The summed E-state index contributed by atoms with van der Waals surface area (Å²) in [5.41, 5.74) is 1.04. The monoisotopic (exact) mass is 286 g/mol. The second kappa shape index (κ2) is 5.79. The van der Waals surface area contributed by atoms with E-state index in [-0.39, 0.29) is 23.8 Å². The molecule has 2 rings (SSSR count). The molecule has 0 spiro atoms. The lowest BCUT2D eigenvalue weighted by Gasteiger charge is -2.05. The minimum absolute atomic E-state index is 0.0567. The summed E-state index contributed by atoms with van der Waals surface area (Å²) in [6.07, 6.45) is 0. The summed E-state index contributed by atoms with van der Waals surface area (Å²) in [6, 6.07) is 7.33. The zero-order valence-electron chi connectivity index (χ0n) is 11.0. The number of aromatic nitrogens is 3. The number of nitro groups is 1. The first kappa shape index (κ1) is 14.1. The molecule has 0 fully saturated rings. The maximum Gasteiger partial charge on any atom is 0.269 e. The van der Waals surface area contributed by atoms with Crippen molar-refractivity contribution in [2.24, 2.45) is 0 Å². The number of nitro benzene ring substituents is 1. The Hall–Kier alpha value is -3.28. The zero-order valence-corrected chi connectivity index (χ0v) is 11.0. The van der Waals surface area contributed by atoms with Crippen LogP contribution in [0.15, 0.2) is 24.3 Å². The van der Waals surface area contributed by atoms with Crippen LogP contribution in [-0.2, 0) is 11.3 Å². The summed E-state index contributed by atoms with van der Waals surface area (Å²) in [5.74, 6) is -0.374. The SMILES string of the molecule is Cc1c(C#N)nnn1CC(=O)Nc1ccc([N+](=O)[O-])cc1. The highest BCUT2D eigenvalue weighted by molar-refractivity contribution is 5.90. The third-order valence-electron chi connectivity index (χ3n) is 2.74. The van der Waals surface area contributed by atoms with Crippen LogP contribution < -0.4 is 5.32 Å². The summed E-state index contributed by atoms with van der Waals surface area (Å²) in [6.45, 7) is 1.54. The molecule has 0 radical (unpaired) electrons. The second-order valence-electron chi connectivity index (χ2n) is 4.15. The number of nitriles is 1. The van der Waals surface area contributed by atoms with E-state index in [1.165, 1.54) is 28.9 Å². The number of nitrogens with one attached hydrogen (secondary N) is 1. The fourth-order valence-corrected chi connectivity index (χ4v) is 1.62. The van der Waals surface area contributed by atoms with Gasteiger partial charge in [0, 0.05) is 17.8 Å². The molecule has 1 amide bonds. The number of hydrogen-bond acceptors (Lipinski definition) is 6. The van der Waals surface area contributed by atoms with Crippen LogP contribution in [0.1, 0.15) is 11.4 Å². The van der Waals surface area contributed by atoms with Gasteiger partial charge in [0.25, 0.3) is 5.69 Å². The lowest BCUT2D eigenvalue weighted by atomic mass is 10.3.